The van der Waals surface area contributed by atoms with Crippen molar-refractivity contribution in [2.75, 3.05) is 34.4 Å². The van der Waals surface area contributed by atoms with Crippen molar-refractivity contribution in [2.24, 2.45) is 0 Å². The number of ketones is 1. The van der Waals surface area contributed by atoms with Gasteiger partial charge in [-0.05, 0) is 42.8 Å². The summed E-state index contributed by atoms with van der Waals surface area (Å²) in [5.74, 6) is 1.34. The number of furan rings is 1. The summed E-state index contributed by atoms with van der Waals surface area (Å²) >= 11 is 0. The second-order valence-electron chi connectivity index (χ2n) is 6.90. The van der Waals surface area contributed by atoms with E-state index in [0.717, 1.165) is 10.9 Å². The lowest BCUT2D eigenvalue weighted by Crippen LogP contribution is -2.27. The van der Waals surface area contributed by atoms with Crippen LogP contribution in [0.2, 0.25) is 0 Å². The van der Waals surface area contributed by atoms with Gasteiger partial charge in [0.15, 0.2) is 35.2 Å². The number of nitrogens with zero attached hydrogens (tertiary/aromatic N) is 1. The van der Waals surface area contributed by atoms with Crippen molar-refractivity contribution >= 4 is 28.7 Å². The average molecular weight is 423 g/mol. The molecule has 162 valence electrons. The summed E-state index contributed by atoms with van der Waals surface area (Å²) in [4.78, 5) is 25.8. The number of ether oxygens (including phenoxy) is 3. The topological polar surface area (TPSA) is 78.2 Å². The molecule has 7 nitrogen and oxygen atoms in total. The molecule has 0 atom stereocenters. The van der Waals surface area contributed by atoms with Gasteiger partial charge < -0.3 is 23.5 Å². The summed E-state index contributed by atoms with van der Waals surface area (Å²) in [5.41, 5.74) is 1.28. The number of allylic oxidation sites excluding steroid dienone is 1. The van der Waals surface area contributed by atoms with E-state index < -0.39 is 0 Å². The number of carbonyl (C=O) groups excluding carboxylic acids is 2. The number of methoxy groups -OCH3 is 1. The highest BCUT2D eigenvalue weighted by Gasteiger charge is 2.13. The third-order valence-electron chi connectivity index (χ3n) is 4.52. The number of carbonyl (C=O) groups is 2. The predicted octanol–water partition coefficient (Wildman–Crippen LogP) is 4.20. The molecule has 7 heteroatoms. The molecule has 0 saturated carbocycles. The van der Waals surface area contributed by atoms with Gasteiger partial charge in [-0.3, -0.25) is 9.59 Å². The lowest BCUT2D eigenvalue weighted by atomic mass is 10.1. The van der Waals surface area contributed by atoms with E-state index in [4.69, 9.17) is 18.6 Å². The molecule has 1 aromatic heterocycles. The van der Waals surface area contributed by atoms with Crippen LogP contribution in [0.15, 0.2) is 53.0 Å². The van der Waals surface area contributed by atoms with E-state index in [1.807, 2.05) is 19.1 Å². The van der Waals surface area contributed by atoms with Crippen LogP contribution in [-0.2, 0) is 4.79 Å². The molecule has 3 rings (SSSR count). The van der Waals surface area contributed by atoms with Gasteiger partial charge in [0, 0.05) is 19.5 Å². The van der Waals surface area contributed by atoms with Crippen LogP contribution in [0.4, 0.5) is 0 Å². The summed E-state index contributed by atoms with van der Waals surface area (Å²) in [6.45, 7) is 2.21. The molecule has 0 bridgehead atoms. The Balaban J connectivity index is 1.77. The summed E-state index contributed by atoms with van der Waals surface area (Å²) in [5, 5.41) is 0.795. The Labute approximate surface area is 180 Å². The molecule has 3 aromatic rings. The molecular weight excluding hydrogens is 398 g/mol. The third kappa shape index (κ3) is 5.25. The number of benzene rings is 2. The molecule has 0 aliphatic heterocycles. The average Bonchev–Trinajstić information content (AvgIpc) is 3.21. The molecule has 0 fully saturated rings. The van der Waals surface area contributed by atoms with Crippen LogP contribution in [0.5, 0.6) is 17.2 Å². The van der Waals surface area contributed by atoms with E-state index >= 15 is 0 Å². The molecule has 1 amide bonds. The normalized spacial score (nSPS) is 11.0. The first-order valence-electron chi connectivity index (χ1n) is 9.81. The highest BCUT2D eigenvalue weighted by Crippen LogP contribution is 2.30. The van der Waals surface area contributed by atoms with Crippen molar-refractivity contribution in [3.05, 3.63) is 59.9 Å². The maximum Gasteiger partial charge on any atom is 0.259 e. The smallest absolute Gasteiger partial charge is 0.259 e. The van der Waals surface area contributed by atoms with Gasteiger partial charge >= 0.3 is 0 Å². The van der Waals surface area contributed by atoms with Gasteiger partial charge in [-0.15, -0.1) is 0 Å². The molecule has 0 radical (unpaired) electrons. The molecule has 31 heavy (non-hydrogen) atoms. The van der Waals surface area contributed by atoms with Crippen LogP contribution >= 0.6 is 0 Å². The molecule has 1 heterocycles. The van der Waals surface area contributed by atoms with Gasteiger partial charge in [0.05, 0.1) is 13.7 Å². The minimum atomic E-state index is -0.270. The molecule has 0 aliphatic carbocycles. The van der Waals surface area contributed by atoms with E-state index in [0.29, 0.717) is 29.4 Å². The van der Waals surface area contributed by atoms with Crippen LogP contribution in [-0.4, -0.2) is 51.0 Å². The molecule has 0 N–H and O–H groups in total. The zero-order valence-electron chi connectivity index (χ0n) is 18.0. The fourth-order valence-electron chi connectivity index (χ4n) is 2.86. The van der Waals surface area contributed by atoms with Gasteiger partial charge in [-0.1, -0.05) is 24.3 Å². The first-order chi connectivity index (χ1) is 14.9. The Morgan fingerprint density at radius 3 is 2.55 bits per heavy atom. The maximum absolute atomic E-state index is 12.6. The Bertz CT molecular complexity index is 1110. The number of hydrogen-bond donors (Lipinski definition) is 0. The van der Waals surface area contributed by atoms with E-state index in [-0.39, 0.29) is 24.1 Å². The number of rotatable bonds is 9. The van der Waals surface area contributed by atoms with Crippen LogP contribution in [0.1, 0.15) is 23.0 Å². The lowest BCUT2D eigenvalue weighted by molar-refractivity contribution is -0.130. The van der Waals surface area contributed by atoms with Gasteiger partial charge in [0.1, 0.15) is 0 Å². The minimum absolute atomic E-state index is 0.0870. The third-order valence-corrected chi connectivity index (χ3v) is 4.52. The van der Waals surface area contributed by atoms with E-state index in [1.54, 1.807) is 57.6 Å². The zero-order chi connectivity index (χ0) is 22.4. The fourth-order valence-corrected chi connectivity index (χ4v) is 2.86. The van der Waals surface area contributed by atoms with Crippen LogP contribution < -0.4 is 14.2 Å². The number of amides is 1. The summed E-state index contributed by atoms with van der Waals surface area (Å²) < 4.78 is 22.2. The Hall–Kier alpha value is -3.74. The van der Waals surface area contributed by atoms with Crippen molar-refractivity contribution in [3.8, 4) is 17.2 Å². The van der Waals surface area contributed by atoms with Crippen LogP contribution in [0.3, 0.4) is 0 Å². The number of hydrogen-bond acceptors (Lipinski definition) is 6. The van der Waals surface area contributed by atoms with Crippen molar-refractivity contribution in [3.63, 3.8) is 0 Å². The van der Waals surface area contributed by atoms with Crippen LogP contribution in [0.25, 0.3) is 17.0 Å². The predicted molar refractivity (Wildman–Crippen MR) is 118 cm³/mol. The SMILES string of the molecule is CCOc1cc(/C=C/C(=O)c2cc3cccc(OC)c3o2)ccc1OCC(=O)N(C)C. The Morgan fingerprint density at radius 2 is 1.84 bits per heavy atom. The quantitative estimate of drug-likeness (QED) is 0.379. The molecule has 0 spiro atoms. The summed E-state index contributed by atoms with van der Waals surface area (Å²) in [6, 6.07) is 12.4. The Morgan fingerprint density at radius 1 is 1.03 bits per heavy atom. The summed E-state index contributed by atoms with van der Waals surface area (Å²) in [7, 11) is 4.88. The van der Waals surface area contributed by atoms with E-state index in [9.17, 15) is 9.59 Å². The van der Waals surface area contributed by atoms with Crippen molar-refractivity contribution in [2.45, 2.75) is 6.92 Å². The standard InChI is InChI=1S/C24H25NO6/c1-5-29-22-13-16(10-12-19(22)30-15-23(27)25(2)3)9-11-18(26)21-14-17-7-6-8-20(28-4)24(17)31-21/h6-14H,5,15H2,1-4H3/b11-9+. The lowest BCUT2D eigenvalue weighted by Gasteiger charge is -2.14. The van der Waals surface area contributed by atoms with Gasteiger partial charge in [-0.2, -0.15) is 0 Å². The Kier molecular flexibility index (Phi) is 6.97. The molecule has 0 aliphatic rings. The minimum Gasteiger partial charge on any atom is -0.493 e. The molecule has 0 saturated heterocycles. The largest absolute Gasteiger partial charge is 0.493 e. The first kappa shape index (κ1) is 22.0. The van der Waals surface area contributed by atoms with E-state index in [1.165, 1.54) is 11.0 Å². The fraction of sp³-hybridized carbons (Fsp3) is 0.250. The van der Waals surface area contributed by atoms with Gasteiger partial charge in [0.25, 0.3) is 5.91 Å². The second kappa shape index (κ2) is 9.84. The maximum atomic E-state index is 12.6. The molecule has 0 unspecified atom stereocenters. The van der Waals surface area contributed by atoms with Gasteiger partial charge in [0.2, 0.25) is 5.78 Å². The highest BCUT2D eigenvalue weighted by molar-refractivity contribution is 6.07. The van der Waals surface area contributed by atoms with Crippen molar-refractivity contribution in [1.29, 1.82) is 0 Å². The van der Waals surface area contributed by atoms with E-state index in [2.05, 4.69) is 0 Å². The van der Waals surface area contributed by atoms with Crippen LogP contribution in [0, 0.1) is 0 Å². The van der Waals surface area contributed by atoms with Crippen molar-refractivity contribution in [1.82, 2.24) is 4.90 Å². The highest BCUT2D eigenvalue weighted by atomic mass is 16.5. The second-order valence-corrected chi connectivity index (χ2v) is 6.90. The first-order valence-corrected chi connectivity index (χ1v) is 9.81. The molecular formula is C24H25NO6. The number of fused-ring (bicyclic) bond motifs is 1. The number of para-hydroxylation sites is 1. The monoisotopic (exact) mass is 423 g/mol. The summed E-state index contributed by atoms with van der Waals surface area (Å²) in [6.07, 6.45) is 3.11. The van der Waals surface area contributed by atoms with Crippen molar-refractivity contribution < 1.29 is 28.2 Å². The zero-order valence-corrected chi connectivity index (χ0v) is 18.0. The molecule has 2 aromatic carbocycles. The number of likely N-dealkylation sites (N-methyl/N-ethyl adjacent to an activating group) is 1. The van der Waals surface area contributed by atoms with Gasteiger partial charge in [-0.25, -0.2) is 0 Å².